The van der Waals surface area contributed by atoms with Crippen molar-refractivity contribution in [1.29, 1.82) is 0 Å². The zero-order valence-electron chi connectivity index (χ0n) is 14.4. The highest BCUT2D eigenvalue weighted by Crippen LogP contribution is 2.05. The molecule has 0 atom stereocenters. The SMILES string of the molecule is CCCCCCCCOC(=O)/C=C/C(=O)OCCCCCCCl. The van der Waals surface area contributed by atoms with Gasteiger partial charge in [-0.1, -0.05) is 51.9 Å². The molecule has 4 nitrogen and oxygen atoms in total. The largest absolute Gasteiger partial charge is 0.463 e. The lowest BCUT2D eigenvalue weighted by Crippen LogP contribution is -2.06. The number of hydrogen-bond acceptors (Lipinski definition) is 4. The van der Waals surface area contributed by atoms with Crippen LogP contribution in [0.3, 0.4) is 0 Å². The number of halogens is 1. The molecule has 0 fully saturated rings. The van der Waals surface area contributed by atoms with Gasteiger partial charge in [0.05, 0.1) is 13.2 Å². The molecule has 0 bridgehead atoms. The van der Waals surface area contributed by atoms with E-state index in [1.165, 1.54) is 25.7 Å². The fourth-order valence-corrected chi connectivity index (χ4v) is 2.20. The molecule has 0 saturated carbocycles. The van der Waals surface area contributed by atoms with Crippen LogP contribution in [0.1, 0.15) is 71.1 Å². The molecule has 0 heterocycles. The van der Waals surface area contributed by atoms with Gasteiger partial charge in [0.25, 0.3) is 0 Å². The summed E-state index contributed by atoms with van der Waals surface area (Å²) < 4.78 is 10.0. The maximum Gasteiger partial charge on any atom is 0.331 e. The number of unbranched alkanes of at least 4 members (excludes halogenated alkanes) is 8. The summed E-state index contributed by atoms with van der Waals surface area (Å²) in [5.74, 6) is -0.319. The fraction of sp³-hybridized carbons (Fsp3) is 0.778. The number of carbonyl (C=O) groups excluding carboxylic acids is 2. The summed E-state index contributed by atoms with van der Waals surface area (Å²) in [6.07, 6.45) is 12.9. The number of ether oxygens (including phenoxy) is 2. The third-order valence-electron chi connectivity index (χ3n) is 3.37. The predicted molar refractivity (Wildman–Crippen MR) is 93.6 cm³/mol. The molecule has 0 aromatic rings. The van der Waals surface area contributed by atoms with Crippen LogP contribution in [0, 0.1) is 0 Å². The van der Waals surface area contributed by atoms with Gasteiger partial charge in [-0.05, 0) is 19.3 Å². The Morgan fingerprint density at radius 3 is 1.65 bits per heavy atom. The Kier molecular flexibility index (Phi) is 16.5. The quantitative estimate of drug-likeness (QED) is 0.185. The van der Waals surface area contributed by atoms with Gasteiger partial charge in [-0.25, -0.2) is 9.59 Å². The van der Waals surface area contributed by atoms with Gasteiger partial charge in [0.15, 0.2) is 0 Å². The second-order valence-electron chi connectivity index (χ2n) is 5.54. The zero-order chi connectivity index (χ0) is 17.2. The highest BCUT2D eigenvalue weighted by Gasteiger charge is 2.01. The van der Waals surface area contributed by atoms with E-state index >= 15 is 0 Å². The number of carbonyl (C=O) groups is 2. The summed E-state index contributed by atoms with van der Waals surface area (Å²) in [7, 11) is 0. The Bertz CT molecular complexity index is 329. The molecule has 0 aliphatic carbocycles. The van der Waals surface area contributed by atoms with E-state index in [1.807, 2.05) is 0 Å². The van der Waals surface area contributed by atoms with Crippen molar-refractivity contribution in [2.75, 3.05) is 19.1 Å². The van der Waals surface area contributed by atoms with Crippen molar-refractivity contribution in [2.45, 2.75) is 71.1 Å². The molecule has 0 amide bonds. The zero-order valence-corrected chi connectivity index (χ0v) is 15.1. The van der Waals surface area contributed by atoms with Crippen molar-refractivity contribution in [3.63, 3.8) is 0 Å². The van der Waals surface area contributed by atoms with E-state index in [0.29, 0.717) is 19.1 Å². The number of alkyl halides is 1. The Hall–Kier alpha value is -1.03. The third kappa shape index (κ3) is 17.2. The van der Waals surface area contributed by atoms with Crippen LogP contribution in [0.5, 0.6) is 0 Å². The Labute approximate surface area is 145 Å². The lowest BCUT2D eigenvalue weighted by molar-refractivity contribution is -0.140. The van der Waals surface area contributed by atoms with Gasteiger partial charge < -0.3 is 9.47 Å². The van der Waals surface area contributed by atoms with Crippen LogP contribution in [0.2, 0.25) is 0 Å². The summed E-state index contributed by atoms with van der Waals surface area (Å²) in [5, 5.41) is 0. The smallest absolute Gasteiger partial charge is 0.331 e. The van der Waals surface area contributed by atoms with Gasteiger partial charge in [-0.15, -0.1) is 11.6 Å². The Balaban J connectivity index is 3.49. The van der Waals surface area contributed by atoms with Crippen molar-refractivity contribution < 1.29 is 19.1 Å². The van der Waals surface area contributed by atoms with Gasteiger partial charge in [-0.2, -0.15) is 0 Å². The standard InChI is InChI=1S/C18H31ClO4/c1-2-3-4-5-7-10-15-22-17(20)12-13-18(21)23-16-11-8-6-9-14-19/h12-13H,2-11,14-16H2,1H3/b13-12+. The van der Waals surface area contributed by atoms with E-state index in [2.05, 4.69) is 6.92 Å². The van der Waals surface area contributed by atoms with Crippen molar-refractivity contribution in [3.8, 4) is 0 Å². The van der Waals surface area contributed by atoms with Crippen LogP contribution >= 0.6 is 11.6 Å². The van der Waals surface area contributed by atoms with Crippen molar-refractivity contribution in [3.05, 3.63) is 12.2 Å². The lowest BCUT2D eigenvalue weighted by atomic mass is 10.1. The first-order valence-corrected chi connectivity index (χ1v) is 9.31. The first kappa shape index (κ1) is 22.0. The molecule has 0 spiro atoms. The molecule has 0 rings (SSSR count). The van der Waals surface area contributed by atoms with Crippen LogP contribution in [0.25, 0.3) is 0 Å². The molecule has 0 N–H and O–H groups in total. The molecule has 0 aliphatic rings. The second-order valence-corrected chi connectivity index (χ2v) is 5.92. The van der Waals surface area contributed by atoms with Crippen LogP contribution in [0.15, 0.2) is 12.2 Å². The molecule has 134 valence electrons. The Morgan fingerprint density at radius 2 is 1.17 bits per heavy atom. The van der Waals surface area contributed by atoms with Gasteiger partial charge in [0.2, 0.25) is 0 Å². The minimum Gasteiger partial charge on any atom is -0.463 e. The first-order chi connectivity index (χ1) is 11.2. The molecule has 5 heteroatoms. The van der Waals surface area contributed by atoms with E-state index < -0.39 is 11.9 Å². The molecular formula is C18H31ClO4. The van der Waals surface area contributed by atoms with Crippen LogP contribution in [-0.2, 0) is 19.1 Å². The van der Waals surface area contributed by atoms with Crippen molar-refractivity contribution >= 4 is 23.5 Å². The number of esters is 2. The van der Waals surface area contributed by atoms with Crippen molar-refractivity contribution in [2.24, 2.45) is 0 Å². The van der Waals surface area contributed by atoms with Gasteiger partial charge >= 0.3 is 11.9 Å². The van der Waals surface area contributed by atoms with Crippen molar-refractivity contribution in [1.82, 2.24) is 0 Å². The van der Waals surface area contributed by atoms with Crippen LogP contribution in [-0.4, -0.2) is 31.0 Å². The second kappa shape index (κ2) is 17.3. The van der Waals surface area contributed by atoms with Gasteiger partial charge in [0, 0.05) is 18.0 Å². The lowest BCUT2D eigenvalue weighted by Gasteiger charge is -2.03. The predicted octanol–water partition coefficient (Wildman–Crippen LogP) is 4.79. The summed E-state index contributed by atoms with van der Waals surface area (Å²) >= 11 is 5.57. The third-order valence-corrected chi connectivity index (χ3v) is 3.64. The number of rotatable bonds is 15. The normalized spacial score (nSPS) is 10.9. The maximum atomic E-state index is 11.4. The Morgan fingerprint density at radius 1 is 0.739 bits per heavy atom. The minimum absolute atomic E-state index is 0.373. The van der Waals surface area contributed by atoms with Crippen LogP contribution < -0.4 is 0 Å². The van der Waals surface area contributed by atoms with E-state index in [-0.39, 0.29) is 0 Å². The highest BCUT2D eigenvalue weighted by molar-refractivity contribution is 6.17. The van der Waals surface area contributed by atoms with Gasteiger partial charge in [0.1, 0.15) is 0 Å². The molecule has 0 saturated heterocycles. The van der Waals surface area contributed by atoms with Gasteiger partial charge in [-0.3, -0.25) is 0 Å². The van der Waals surface area contributed by atoms with Crippen LogP contribution in [0.4, 0.5) is 0 Å². The maximum absolute atomic E-state index is 11.4. The summed E-state index contributed by atoms with van der Waals surface area (Å²) in [4.78, 5) is 22.8. The summed E-state index contributed by atoms with van der Waals surface area (Å²) in [6, 6.07) is 0. The van der Waals surface area contributed by atoms with E-state index in [1.54, 1.807) is 0 Å². The van der Waals surface area contributed by atoms with E-state index in [0.717, 1.165) is 50.7 Å². The first-order valence-electron chi connectivity index (χ1n) is 8.78. The molecule has 0 unspecified atom stereocenters. The molecular weight excluding hydrogens is 316 g/mol. The number of hydrogen-bond donors (Lipinski definition) is 0. The van der Waals surface area contributed by atoms with E-state index in [4.69, 9.17) is 21.1 Å². The average Bonchev–Trinajstić information content (AvgIpc) is 2.55. The molecule has 0 aromatic carbocycles. The average molecular weight is 347 g/mol. The van der Waals surface area contributed by atoms with E-state index in [9.17, 15) is 9.59 Å². The minimum atomic E-state index is -0.501. The highest BCUT2D eigenvalue weighted by atomic mass is 35.5. The molecule has 0 radical (unpaired) electrons. The molecule has 0 aromatic heterocycles. The monoisotopic (exact) mass is 346 g/mol. The summed E-state index contributed by atoms with van der Waals surface area (Å²) in [6.45, 7) is 2.96. The topological polar surface area (TPSA) is 52.6 Å². The summed E-state index contributed by atoms with van der Waals surface area (Å²) in [5.41, 5.74) is 0. The molecule has 0 aliphatic heterocycles. The fourth-order valence-electron chi connectivity index (χ4n) is 2.01. The molecule has 23 heavy (non-hydrogen) atoms.